The van der Waals surface area contributed by atoms with Crippen molar-refractivity contribution in [2.24, 2.45) is 11.8 Å². The Labute approximate surface area is 126 Å². The number of carbonyl (C=O) groups excluding carboxylic acids is 1. The van der Waals surface area contributed by atoms with E-state index in [1.54, 1.807) is 19.1 Å². The van der Waals surface area contributed by atoms with Crippen molar-refractivity contribution in [2.45, 2.75) is 39.5 Å². The Hall–Kier alpha value is -1.42. The van der Waals surface area contributed by atoms with E-state index in [2.05, 4.69) is 19.2 Å². The Kier molecular flexibility index (Phi) is 7.37. The van der Waals surface area contributed by atoms with E-state index >= 15 is 0 Å². The molecule has 0 fully saturated rings. The largest absolute Gasteiger partial charge is 0.396 e. The summed E-state index contributed by atoms with van der Waals surface area (Å²) in [5.74, 6) is -0.00954. The molecule has 0 saturated carbocycles. The van der Waals surface area contributed by atoms with E-state index in [9.17, 15) is 9.18 Å². The van der Waals surface area contributed by atoms with Crippen molar-refractivity contribution in [3.63, 3.8) is 0 Å². The summed E-state index contributed by atoms with van der Waals surface area (Å²) < 4.78 is 13.2. The highest BCUT2D eigenvalue weighted by atomic mass is 19.1. The van der Waals surface area contributed by atoms with Gasteiger partial charge in [-0.15, -0.1) is 0 Å². The van der Waals surface area contributed by atoms with E-state index in [0.717, 1.165) is 6.42 Å². The number of nitrogens with one attached hydrogen (secondary N) is 1. The fourth-order valence-electron chi connectivity index (χ4n) is 2.48. The van der Waals surface area contributed by atoms with Gasteiger partial charge in [0.25, 0.3) is 0 Å². The van der Waals surface area contributed by atoms with Gasteiger partial charge in [0.05, 0.1) is 5.92 Å². The summed E-state index contributed by atoms with van der Waals surface area (Å²) in [4.78, 5) is 12.2. The molecule has 2 N–H and O–H groups in total. The van der Waals surface area contributed by atoms with E-state index < -0.39 is 0 Å². The minimum atomic E-state index is -0.380. The number of amides is 1. The smallest absolute Gasteiger partial charge is 0.227 e. The van der Waals surface area contributed by atoms with Crippen LogP contribution < -0.4 is 5.32 Å². The summed E-state index contributed by atoms with van der Waals surface area (Å²) in [7, 11) is 0. The van der Waals surface area contributed by atoms with Gasteiger partial charge in [-0.2, -0.15) is 0 Å². The zero-order chi connectivity index (χ0) is 15.8. The second-order valence-corrected chi connectivity index (χ2v) is 6.03. The summed E-state index contributed by atoms with van der Waals surface area (Å²) in [6, 6.07) is 6.13. The Bertz CT molecular complexity index is 448. The van der Waals surface area contributed by atoms with Crippen LogP contribution in [0.4, 0.5) is 4.39 Å². The third-order valence-corrected chi connectivity index (χ3v) is 3.65. The molecule has 1 rings (SSSR count). The Morgan fingerprint density at radius 1 is 1.33 bits per heavy atom. The average Bonchev–Trinajstić information content (AvgIpc) is 2.43. The molecular formula is C17H26FNO2. The first-order valence-corrected chi connectivity index (χ1v) is 7.58. The van der Waals surface area contributed by atoms with Crippen LogP contribution in [0.5, 0.6) is 0 Å². The van der Waals surface area contributed by atoms with E-state index in [1.165, 1.54) is 12.1 Å². The molecule has 1 aromatic rings. The maximum atomic E-state index is 13.2. The maximum Gasteiger partial charge on any atom is 0.227 e. The van der Waals surface area contributed by atoms with Crippen LogP contribution >= 0.6 is 0 Å². The molecule has 0 spiro atoms. The van der Waals surface area contributed by atoms with Crippen molar-refractivity contribution < 1.29 is 14.3 Å². The van der Waals surface area contributed by atoms with Crippen molar-refractivity contribution in [3.05, 3.63) is 35.6 Å². The maximum absolute atomic E-state index is 13.2. The van der Waals surface area contributed by atoms with Crippen LogP contribution in [0.1, 0.15) is 45.1 Å². The Morgan fingerprint density at radius 3 is 2.62 bits per heavy atom. The van der Waals surface area contributed by atoms with E-state index in [4.69, 9.17) is 5.11 Å². The molecule has 0 bridgehead atoms. The lowest BCUT2D eigenvalue weighted by molar-refractivity contribution is -0.122. The molecule has 0 aliphatic heterocycles. The third-order valence-electron chi connectivity index (χ3n) is 3.65. The molecule has 21 heavy (non-hydrogen) atoms. The van der Waals surface area contributed by atoms with Crippen LogP contribution in [-0.2, 0) is 4.79 Å². The molecular weight excluding hydrogens is 269 g/mol. The van der Waals surface area contributed by atoms with Crippen molar-refractivity contribution in [1.29, 1.82) is 0 Å². The van der Waals surface area contributed by atoms with Crippen LogP contribution in [0, 0.1) is 17.7 Å². The van der Waals surface area contributed by atoms with Gasteiger partial charge in [0.2, 0.25) is 5.91 Å². The number of rotatable bonds is 8. The van der Waals surface area contributed by atoms with Crippen LogP contribution in [0.15, 0.2) is 24.3 Å². The highest BCUT2D eigenvalue weighted by molar-refractivity contribution is 5.83. The van der Waals surface area contributed by atoms with Gasteiger partial charge in [-0.1, -0.05) is 26.0 Å². The fourth-order valence-corrected chi connectivity index (χ4v) is 2.48. The molecule has 0 radical (unpaired) electrons. The SMILES string of the molecule is CC(C)CC(CCO)CNC(=O)C(C)c1cccc(F)c1. The van der Waals surface area contributed by atoms with Gasteiger partial charge in [0.1, 0.15) is 5.82 Å². The topological polar surface area (TPSA) is 49.3 Å². The quantitative estimate of drug-likeness (QED) is 0.774. The van der Waals surface area contributed by atoms with E-state index in [-0.39, 0.29) is 30.2 Å². The number of halogens is 1. The number of hydrogen-bond donors (Lipinski definition) is 2. The second kappa shape index (κ2) is 8.78. The fraction of sp³-hybridized carbons (Fsp3) is 0.588. The molecule has 0 aromatic heterocycles. The first kappa shape index (κ1) is 17.6. The van der Waals surface area contributed by atoms with Crippen molar-refractivity contribution in [1.82, 2.24) is 5.32 Å². The number of benzene rings is 1. The lowest BCUT2D eigenvalue weighted by atomic mass is 9.94. The van der Waals surface area contributed by atoms with Gasteiger partial charge in [-0.3, -0.25) is 4.79 Å². The van der Waals surface area contributed by atoms with Gasteiger partial charge in [-0.25, -0.2) is 4.39 Å². The van der Waals surface area contributed by atoms with Crippen molar-refractivity contribution >= 4 is 5.91 Å². The first-order chi connectivity index (χ1) is 9.93. The van der Waals surface area contributed by atoms with Gasteiger partial charge < -0.3 is 10.4 Å². The van der Waals surface area contributed by atoms with Crippen LogP contribution in [0.25, 0.3) is 0 Å². The molecule has 1 amide bonds. The van der Waals surface area contributed by atoms with Crippen LogP contribution in [-0.4, -0.2) is 24.2 Å². The molecule has 0 heterocycles. The molecule has 1 aromatic carbocycles. The van der Waals surface area contributed by atoms with Gasteiger partial charge in [0.15, 0.2) is 0 Å². The number of hydrogen-bond acceptors (Lipinski definition) is 2. The monoisotopic (exact) mass is 295 g/mol. The lowest BCUT2D eigenvalue weighted by Crippen LogP contribution is -2.33. The molecule has 0 aliphatic carbocycles. The number of carbonyl (C=O) groups is 1. The molecule has 3 nitrogen and oxygen atoms in total. The summed E-state index contributed by atoms with van der Waals surface area (Å²) in [5.41, 5.74) is 0.676. The molecule has 0 saturated heterocycles. The Balaban J connectivity index is 2.55. The molecule has 0 aliphatic rings. The minimum Gasteiger partial charge on any atom is -0.396 e. The van der Waals surface area contributed by atoms with Crippen LogP contribution in [0.2, 0.25) is 0 Å². The van der Waals surface area contributed by atoms with E-state index in [0.29, 0.717) is 24.4 Å². The molecule has 2 atom stereocenters. The normalized spacial score (nSPS) is 14.0. The highest BCUT2D eigenvalue weighted by Gasteiger charge is 2.17. The number of aliphatic hydroxyl groups is 1. The zero-order valence-corrected chi connectivity index (χ0v) is 13.1. The standard InChI is InChI=1S/C17H26FNO2/c1-12(2)9-14(7-8-20)11-19-17(21)13(3)15-5-4-6-16(18)10-15/h4-6,10,12-14,20H,7-9,11H2,1-3H3,(H,19,21). The molecule has 118 valence electrons. The van der Waals surface area contributed by atoms with Crippen molar-refractivity contribution in [3.8, 4) is 0 Å². The number of aliphatic hydroxyl groups excluding tert-OH is 1. The summed E-state index contributed by atoms with van der Waals surface area (Å²) >= 11 is 0. The minimum absolute atomic E-state index is 0.104. The predicted molar refractivity (Wildman–Crippen MR) is 82.5 cm³/mol. The average molecular weight is 295 g/mol. The lowest BCUT2D eigenvalue weighted by Gasteiger charge is -2.20. The molecule has 4 heteroatoms. The first-order valence-electron chi connectivity index (χ1n) is 7.58. The van der Waals surface area contributed by atoms with Crippen molar-refractivity contribution in [2.75, 3.05) is 13.2 Å². The van der Waals surface area contributed by atoms with Gasteiger partial charge in [-0.05, 0) is 49.3 Å². The Morgan fingerprint density at radius 2 is 2.05 bits per heavy atom. The predicted octanol–water partition coefficient (Wildman–Crippen LogP) is 3.09. The van der Waals surface area contributed by atoms with Gasteiger partial charge in [0, 0.05) is 13.2 Å². The highest BCUT2D eigenvalue weighted by Crippen LogP contribution is 2.18. The summed E-state index contributed by atoms with van der Waals surface area (Å²) in [6.07, 6.45) is 1.65. The van der Waals surface area contributed by atoms with Crippen LogP contribution in [0.3, 0.4) is 0 Å². The van der Waals surface area contributed by atoms with E-state index in [1.807, 2.05) is 0 Å². The summed E-state index contributed by atoms with van der Waals surface area (Å²) in [6.45, 7) is 6.71. The molecule has 2 unspecified atom stereocenters. The summed E-state index contributed by atoms with van der Waals surface area (Å²) in [5, 5.41) is 12.0. The second-order valence-electron chi connectivity index (χ2n) is 6.03. The zero-order valence-electron chi connectivity index (χ0n) is 13.1. The third kappa shape index (κ3) is 6.25. The van der Waals surface area contributed by atoms with Gasteiger partial charge >= 0.3 is 0 Å².